The number of nitrogens with one attached hydrogen (secondary N) is 1. The summed E-state index contributed by atoms with van der Waals surface area (Å²) in [6.45, 7) is 4.86. The van der Waals surface area contributed by atoms with Gasteiger partial charge in [0.1, 0.15) is 6.54 Å². The number of nitrogens with zero attached hydrogens (tertiary/aromatic N) is 1. The highest BCUT2D eigenvalue weighted by Gasteiger charge is 2.38. The normalized spacial score (nSPS) is 30.5. The molecule has 0 aromatic carbocycles. The molecule has 0 bridgehead atoms. The van der Waals surface area contributed by atoms with E-state index in [0.29, 0.717) is 6.61 Å². The second kappa shape index (κ2) is 3.48. The summed E-state index contributed by atoms with van der Waals surface area (Å²) < 4.78 is 5.57. The zero-order valence-electron chi connectivity index (χ0n) is 9.08. The number of urea groups is 1. The van der Waals surface area contributed by atoms with E-state index in [0.717, 1.165) is 12.8 Å². The van der Waals surface area contributed by atoms with Crippen LogP contribution in [0.15, 0.2) is 0 Å². The standard InChI is InChI=1S/C10H16N2O3/c1-10(2)5-7(3-4-15-10)12-6-8(13)11-9(12)14/h7H,3-6H2,1-2H3,(H,11,13,14). The van der Waals surface area contributed by atoms with E-state index < -0.39 is 0 Å². The van der Waals surface area contributed by atoms with Gasteiger partial charge in [0.05, 0.1) is 5.60 Å². The monoisotopic (exact) mass is 212 g/mol. The zero-order chi connectivity index (χ0) is 11.1. The van der Waals surface area contributed by atoms with Crippen LogP contribution in [0, 0.1) is 0 Å². The Bertz CT molecular complexity index is 301. The van der Waals surface area contributed by atoms with E-state index in [4.69, 9.17) is 4.74 Å². The molecule has 2 aliphatic rings. The number of rotatable bonds is 1. The van der Waals surface area contributed by atoms with Gasteiger partial charge in [-0.15, -0.1) is 0 Å². The summed E-state index contributed by atoms with van der Waals surface area (Å²) in [6.07, 6.45) is 1.60. The van der Waals surface area contributed by atoms with E-state index in [1.54, 1.807) is 4.90 Å². The molecule has 5 heteroatoms. The van der Waals surface area contributed by atoms with Gasteiger partial charge < -0.3 is 9.64 Å². The number of carbonyl (C=O) groups excluding carboxylic acids is 2. The zero-order valence-corrected chi connectivity index (χ0v) is 9.08. The fraction of sp³-hybridized carbons (Fsp3) is 0.800. The van der Waals surface area contributed by atoms with E-state index in [2.05, 4.69) is 5.32 Å². The Morgan fingerprint density at radius 1 is 1.47 bits per heavy atom. The Labute approximate surface area is 88.8 Å². The van der Waals surface area contributed by atoms with Crippen molar-refractivity contribution >= 4 is 11.9 Å². The molecule has 5 nitrogen and oxygen atoms in total. The number of ether oxygens (including phenoxy) is 1. The topological polar surface area (TPSA) is 58.6 Å². The number of hydrogen-bond donors (Lipinski definition) is 1. The Morgan fingerprint density at radius 2 is 2.20 bits per heavy atom. The molecule has 2 saturated heterocycles. The molecule has 3 amide bonds. The Morgan fingerprint density at radius 3 is 2.73 bits per heavy atom. The van der Waals surface area contributed by atoms with E-state index in [1.165, 1.54) is 0 Å². The largest absolute Gasteiger partial charge is 0.375 e. The van der Waals surface area contributed by atoms with Gasteiger partial charge in [-0.2, -0.15) is 0 Å². The SMILES string of the molecule is CC1(C)CC(N2CC(=O)NC2=O)CCO1. The maximum absolute atomic E-state index is 11.4. The average Bonchev–Trinajstić information content (AvgIpc) is 2.43. The maximum Gasteiger partial charge on any atom is 0.324 e. The average molecular weight is 212 g/mol. The lowest BCUT2D eigenvalue weighted by Gasteiger charge is -2.38. The molecule has 2 rings (SSSR count). The first kappa shape index (κ1) is 10.4. The highest BCUT2D eigenvalue weighted by atomic mass is 16.5. The van der Waals surface area contributed by atoms with Crippen molar-refractivity contribution in [3.05, 3.63) is 0 Å². The van der Waals surface area contributed by atoms with Crippen LogP contribution in [-0.2, 0) is 9.53 Å². The first-order chi connectivity index (χ1) is 6.98. The predicted octanol–water partition coefficient (Wildman–Crippen LogP) is 0.496. The minimum absolute atomic E-state index is 0.125. The minimum Gasteiger partial charge on any atom is -0.375 e. The van der Waals surface area contributed by atoms with Crippen molar-refractivity contribution in [2.24, 2.45) is 0 Å². The lowest BCUT2D eigenvalue weighted by molar-refractivity contribution is -0.119. The van der Waals surface area contributed by atoms with Crippen molar-refractivity contribution in [3.8, 4) is 0 Å². The van der Waals surface area contributed by atoms with Gasteiger partial charge in [-0.25, -0.2) is 4.79 Å². The van der Waals surface area contributed by atoms with Crippen molar-refractivity contribution in [2.45, 2.75) is 38.3 Å². The van der Waals surface area contributed by atoms with Crippen LogP contribution in [-0.4, -0.2) is 41.6 Å². The number of hydrogen-bond acceptors (Lipinski definition) is 3. The highest BCUT2D eigenvalue weighted by Crippen LogP contribution is 2.28. The van der Waals surface area contributed by atoms with Gasteiger partial charge in [0.2, 0.25) is 5.91 Å². The Balaban J connectivity index is 2.04. The highest BCUT2D eigenvalue weighted by molar-refractivity contribution is 6.02. The van der Waals surface area contributed by atoms with Crippen LogP contribution in [0.2, 0.25) is 0 Å². The third kappa shape index (κ3) is 2.12. The third-order valence-corrected chi connectivity index (χ3v) is 2.93. The van der Waals surface area contributed by atoms with Crippen molar-refractivity contribution in [1.29, 1.82) is 0 Å². The van der Waals surface area contributed by atoms with Crippen LogP contribution < -0.4 is 5.32 Å². The smallest absolute Gasteiger partial charge is 0.324 e. The van der Waals surface area contributed by atoms with E-state index in [-0.39, 0.29) is 30.1 Å². The minimum atomic E-state index is -0.261. The summed E-state index contributed by atoms with van der Waals surface area (Å²) >= 11 is 0. The maximum atomic E-state index is 11.4. The second-order valence-corrected chi connectivity index (χ2v) is 4.74. The van der Waals surface area contributed by atoms with Gasteiger partial charge in [0.15, 0.2) is 0 Å². The third-order valence-electron chi connectivity index (χ3n) is 2.93. The van der Waals surface area contributed by atoms with Crippen LogP contribution in [0.4, 0.5) is 4.79 Å². The first-order valence-electron chi connectivity index (χ1n) is 5.22. The van der Waals surface area contributed by atoms with E-state index in [1.807, 2.05) is 13.8 Å². The summed E-state index contributed by atoms with van der Waals surface area (Å²) in [7, 11) is 0. The van der Waals surface area contributed by atoms with Crippen LogP contribution in [0.25, 0.3) is 0 Å². The molecule has 0 aromatic rings. The molecule has 0 radical (unpaired) electrons. The fourth-order valence-corrected chi connectivity index (χ4v) is 2.22. The Kier molecular flexibility index (Phi) is 2.42. The lowest BCUT2D eigenvalue weighted by atomic mass is 9.93. The van der Waals surface area contributed by atoms with Crippen molar-refractivity contribution in [2.75, 3.05) is 13.2 Å². The molecule has 0 aromatic heterocycles. The van der Waals surface area contributed by atoms with Crippen LogP contribution in [0.5, 0.6) is 0 Å². The van der Waals surface area contributed by atoms with Crippen molar-refractivity contribution in [3.63, 3.8) is 0 Å². The van der Waals surface area contributed by atoms with Gasteiger partial charge in [-0.1, -0.05) is 0 Å². The molecule has 2 fully saturated rings. The predicted molar refractivity (Wildman–Crippen MR) is 53.3 cm³/mol. The fourth-order valence-electron chi connectivity index (χ4n) is 2.22. The summed E-state index contributed by atoms with van der Waals surface area (Å²) in [5.41, 5.74) is -0.200. The number of amides is 3. The molecule has 0 saturated carbocycles. The van der Waals surface area contributed by atoms with E-state index >= 15 is 0 Å². The van der Waals surface area contributed by atoms with Gasteiger partial charge >= 0.3 is 6.03 Å². The molecule has 1 atom stereocenters. The summed E-state index contributed by atoms with van der Waals surface area (Å²) in [6, 6.07) is -0.136. The quantitative estimate of drug-likeness (QED) is 0.644. The molecule has 0 spiro atoms. The van der Waals surface area contributed by atoms with Gasteiger partial charge in [0.25, 0.3) is 0 Å². The van der Waals surface area contributed by atoms with Crippen molar-refractivity contribution < 1.29 is 14.3 Å². The molecule has 1 N–H and O–H groups in total. The summed E-state index contributed by atoms with van der Waals surface area (Å²) in [5.74, 6) is -0.204. The number of carbonyl (C=O) groups is 2. The van der Waals surface area contributed by atoms with Crippen molar-refractivity contribution in [1.82, 2.24) is 10.2 Å². The molecule has 2 heterocycles. The molecule has 84 valence electrons. The van der Waals surface area contributed by atoms with Crippen LogP contribution >= 0.6 is 0 Å². The van der Waals surface area contributed by atoms with E-state index in [9.17, 15) is 9.59 Å². The molecule has 1 unspecified atom stereocenters. The molecule has 15 heavy (non-hydrogen) atoms. The van der Waals surface area contributed by atoms with Gasteiger partial charge in [-0.3, -0.25) is 10.1 Å². The second-order valence-electron chi connectivity index (χ2n) is 4.74. The molecule has 2 aliphatic heterocycles. The van der Waals surface area contributed by atoms with Crippen LogP contribution in [0.3, 0.4) is 0 Å². The molecule has 0 aliphatic carbocycles. The number of imide groups is 1. The summed E-state index contributed by atoms with van der Waals surface area (Å²) in [4.78, 5) is 24.1. The van der Waals surface area contributed by atoms with Gasteiger partial charge in [-0.05, 0) is 26.7 Å². The Hall–Kier alpha value is -1.10. The lowest BCUT2D eigenvalue weighted by Crippen LogP contribution is -2.47. The first-order valence-corrected chi connectivity index (χ1v) is 5.22. The van der Waals surface area contributed by atoms with Gasteiger partial charge in [0, 0.05) is 12.6 Å². The summed E-state index contributed by atoms with van der Waals surface area (Å²) in [5, 5.41) is 2.30. The molecular weight excluding hydrogens is 196 g/mol. The van der Waals surface area contributed by atoms with Crippen LogP contribution in [0.1, 0.15) is 26.7 Å². The molecular formula is C10H16N2O3.